The van der Waals surface area contributed by atoms with Crippen LogP contribution in [0.2, 0.25) is 0 Å². The van der Waals surface area contributed by atoms with Gasteiger partial charge in [-0.15, -0.1) is 5.92 Å². The summed E-state index contributed by atoms with van der Waals surface area (Å²) in [5, 5.41) is 9.50. The van der Waals surface area contributed by atoms with E-state index in [1.807, 2.05) is 0 Å². The molecule has 66 valence electrons. The Morgan fingerprint density at radius 1 is 1.17 bits per heavy atom. The molecule has 0 aliphatic heterocycles. The first-order valence-electron chi connectivity index (χ1n) is 5.03. The van der Waals surface area contributed by atoms with Crippen molar-refractivity contribution in [1.82, 2.24) is 0 Å². The lowest BCUT2D eigenvalue weighted by Gasteiger charge is -2.09. The third-order valence-electron chi connectivity index (χ3n) is 2.87. The minimum Gasteiger partial charge on any atom is -0.393 e. The highest BCUT2D eigenvalue weighted by atomic mass is 16.3. The molecule has 0 spiro atoms. The van der Waals surface area contributed by atoms with Crippen LogP contribution in [-0.2, 0) is 0 Å². The summed E-state index contributed by atoms with van der Waals surface area (Å²) in [6.45, 7) is 0. The van der Waals surface area contributed by atoms with Crippen LogP contribution in [0.15, 0.2) is 0 Å². The van der Waals surface area contributed by atoms with E-state index in [4.69, 9.17) is 0 Å². The second kappa shape index (κ2) is 3.49. The van der Waals surface area contributed by atoms with Crippen molar-refractivity contribution in [2.75, 3.05) is 0 Å². The Balaban J connectivity index is 1.75. The lowest BCUT2D eigenvalue weighted by atomic mass is 10.0. The Morgan fingerprint density at radius 3 is 2.58 bits per heavy atom. The monoisotopic (exact) mass is 164 g/mol. The summed E-state index contributed by atoms with van der Waals surface area (Å²) in [5.41, 5.74) is 0. The zero-order valence-corrected chi connectivity index (χ0v) is 7.42. The molecule has 0 heterocycles. The molecule has 0 aromatic carbocycles. The van der Waals surface area contributed by atoms with E-state index in [0.29, 0.717) is 11.8 Å². The minimum atomic E-state index is -0.0569. The van der Waals surface area contributed by atoms with E-state index in [1.165, 1.54) is 25.7 Å². The van der Waals surface area contributed by atoms with Crippen molar-refractivity contribution in [3.63, 3.8) is 0 Å². The highest BCUT2D eigenvalue weighted by molar-refractivity contribution is 5.10. The quantitative estimate of drug-likeness (QED) is 0.587. The predicted molar refractivity (Wildman–Crippen MR) is 48.5 cm³/mol. The van der Waals surface area contributed by atoms with E-state index < -0.39 is 0 Å². The van der Waals surface area contributed by atoms with Gasteiger partial charge < -0.3 is 5.11 Å². The maximum absolute atomic E-state index is 9.50. The summed E-state index contributed by atoms with van der Waals surface area (Å²) >= 11 is 0. The summed E-state index contributed by atoms with van der Waals surface area (Å²) in [6.07, 6.45) is 6.85. The third-order valence-corrected chi connectivity index (χ3v) is 2.87. The second-order valence-corrected chi connectivity index (χ2v) is 4.06. The fourth-order valence-electron chi connectivity index (χ4n) is 1.82. The van der Waals surface area contributed by atoms with Crippen molar-refractivity contribution in [2.45, 2.75) is 44.6 Å². The normalized spacial score (nSPS) is 34.4. The van der Waals surface area contributed by atoms with Crippen LogP contribution in [0.3, 0.4) is 0 Å². The lowest BCUT2D eigenvalue weighted by Crippen LogP contribution is -2.11. The highest BCUT2D eigenvalue weighted by Crippen LogP contribution is 2.29. The molecule has 0 aromatic heterocycles. The van der Waals surface area contributed by atoms with Crippen LogP contribution >= 0.6 is 0 Å². The van der Waals surface area contributed by atoms with E-state index in [2.05, 4.69) is 11.8 Å². The Kier molecular flexibility index (Phi) is 2.37. The van der Waals surface area contributed by atoms with Crippen molar-refractivity contribution >= 4 is 0 Å². The van der Waals surface area contributed by atoms with Crippen LogP contribution in [0.1, 0.15) is 38.5 Å². The smallest absolute Gasteiger partial charge is 0.0577 e. The molecule has 1 heteroatoms. The van der Waals surface area contributed by atoms with Gasteiger partial charge in [0.15, 0.2) is 0 Å². The van der Waals surface area contributed by atoms with Crippen molar-refractivity contribution < 1.29 is 5.11 Å². The number of aliphatic hydroxyl groups excluding tert-OH is 1. The minimum absolute atomic E-state index is 0.0569. The fraction of sp³-hybridized carbons (Fsp3) is 0.818. The van der Waals surface area contributed by atoms with Crippen LogP contribution in [0.25, 0.3) is 0 Å². The number of aliphatic hydroxyl groups is 1. The molecular formula is C11H16O. The van der Waals surface area contributed by atoms with Crippen molar-refractivity contribution in [2.24, 2.45) is 11.8 Å². The molecule has 0 unspecified atom stereocenters. The van der Waals surface area contributed by atoms with E-state index >= 15 is 0 Å². The molecule has 2 aliphatic rings. The summed E-state index contributed by atoms with van der Waals surface area (Å²) < 4.78 is 0. The molecule has 1 nitrogen and oxygen atoms in total. The standard InChI is InChI=1S/C11H16O/c12-11-6-2-5-10(11)4-1-3-9-7-8-9/h9-12H,2,4-8H2/t10-,11-/m1/s1. The third kappa shape index (κ3) is 2.01. The zero-order valence-electron chi connectivity index (χ0n) is 7.42. The highest BCUT2D eigenvalue weighted by Gasteiger charge is 2.24. The Morgan fingerprint density at radius 2 is 2.00 bits per heavy atom. The first-order valence-corrected chi connectivity index (χ1v) is 5.03. The Bertz CT molecular complexity index is 207. The van der Waals surface area contributed by atoms with E-state index in [0.717, 1.165) is 12.8 Å². The van der Waals surface area contributed by atoms with Gasteiger partial charge in [-0.25, -0.2) is 0 Å². The average molecular weight is 164 g/mol. The number of hydrogen-bond donors (Lipinski definition) is 1. The van der Waals surface area contributed by atoms with Crippen LogP contribution in [0.4, 0.5) is 0 Å². The van der Waals surface area contributed by atoms with Gasteiger partial charge in [0.1, 0.15) is 0 Å². The molecule has 2 aliphatic carbocycles. The van der Waals surface area contributed by atoms with Crippen LogP contribution < -0.4 is 0 Å². The van der Waals surface area contributed by atoms with Gasteiger partial charge in [-0.05, 0) is 31.6 Å². The topological polar surface area (TPSA) is 20.2 Å². The van der Waals surface area contributed by atoms with E-state index in [1.54, 1.807) is 0 Å². The van der Waals surface area contributed by atoms with E-state index in [9.17, 15) is 5.11 Å². The molecule has 2 saturated carbocycles. The molecule has 0 amide bonds. The summed E-state index contributed by atoms with van der Waals surface area (Å²) in [6, 6.07) is 0. The maximum Gasteiger partial charge on any atom is 0.0577 e. The summed E-state index contributed by atoms with van der Waals surface area (Å²) in [7, 11) is 0. The van der Waals surface area contributed by atoms with Crippen molar-refractivity contribution in [3.05, 3.63) is 0 Å². The van der Waals surface area contributed by atoms with Gasteiger partial charge in [0.05, 0.1) is 6.10 Å². The number of rotatable bonds is 1. The van der Waals surface area contributed by atoms with Gasteiger partial charge in [-0.1, -0.05) is 12.3 Å². The molecule has 0 radical (unpaired) electrons. The molecular weight excluding hydrogens is 148 g/mol. The average Bonchev–Trinajstić information content (AvgIpc) is 2.78. The SMILES string of the molecule is O[C@@H]1CCC[C@H]1CC#CC1CC1. The molecule has 0 aromatic rings. The van der Waals surface area contributed by atoms with Gasteiger partial charge in [0, 0.05) is 12.3 Å². The first kappa shape index (κ1) is 8.13. The second-order valence-electron chi connectivity index (χ2n) is 4.06. The summed E-state index contributed by atoms with van der Waals surface area (Å²) in [5.74, 6) is 7.65. The molecule has 1 N–H and O–H groups in total. The maximum atomic E-state index is 9.50. The Labute approximate surface area is 74.2 Å². The molecule has 0 saturated heterocycles. The molecule has 0 bridgehead atoms. The zero-order chi connectivity index (χ0) is 8.39. The van der Waals surface area contributed by atoms with Crippen LogP contribution in [0, 0.1) is 23.7 Å². The van der Waals surface area contributed by atoms with Gasteiger partial charge in [0.25, 0.3) is 0 Å². The van der Waals surface area contributed by atoms with Gasteiger partial charge in [-0.3, -0.25) is 0 Å². The molecule has 2 fully saturated rings. The largest absolute Gasteiger partial charge is 0.393 e. The fourth-order valence-corrected chi connectivity index (χ4v) is 1.82. The number of hydrogen-bond acceptors (Lipinski definition) is 1. The van der Waals surface area contributed by atoms with E-state index in [-0.39, 0.29) is 6.10 Å². The van der Waals surface area contributed by atoms with Gasteiger partial charge >= 0.3 is 0 Å². The van der Waals surface area contributed by atoms with Crippen LogP contribution in [-0.4, -0.2) is 11.2 Å². The van der Waals surface area contributed by atoms with Crippen molar-refractivity contribution in [1.29, 1.82) is 0 Å². The molecule has 12 heavy (non-hydrogen) atoms. The molecule has 2 atom stereocenters. The van der Waals surface area contributed by atoms with Gasteiger partial charge in [0.2, 0.25) is 0 Å². The predicted octanol–water partition coefficient (Wildman–Crippen LogP) is 1.95. The Hall–Kier alpha value is -0.480. The van der Waals surface area contributed by atoms with Crippen molar-refractivity contribution in [3.8, 4) is 11.8 Å². The first-order chi connectivity index (χ1) is 5.86. The lowest BCUT2D eigenvalue weighted by molar-refractivity contribution is 0.135. The van der Waals surface area contributed by atoms with Gasteiger partial charge in [-0.2, -0.15) is 0 Å². The summed E-state index contributed by atoms with van der Waals surface area (Å²) in [4.78, 5) is 0. The molecule has 2 rings (SSSR count). The van der Waals surface area contributed by atoms with Crippen LogP contribution in [0.5, 0.6) is 0 Å².